The molecular formula is C20H15N3O2S. The zero-order valence-electron chi connectivity index (χ0n) is 14.0. The second kappa shape index (κ2) is 7.01. The highest BCUT2D eigenvalue weighted by molar-refractivity contribution is 8.19. The number of rotatable bonds is 3. The summed E-state index contributed by atoms with van der Waals surface area (Å²) in [5, 5.41) is 0.567. The van der Waals surface area contributed by atoms with E-state index in [2.05, 4.69) is 9.98 Å². The second-order valence-corrected chi connectivity index (χ2v) is 6.64. The number of hydrogen-bond acceptors (Lipinski definition) is 5. The van der Waals surface area contributed by atoms with E-state index in [0.717, 1.165) is 11.4 Å². The van der Waals surface area contributed by atoms with Crippen molar-refractivity contribution < 1.29 is 9.21 Å². The van der Waals surface area contributed by atoms with E-state index in [1.54, 1.807) is 23.3 Å². The molecule has 5 nitrogen and oxygen atoms in total. The summed E-state index contributed by atoms with van der Waals surface area (Å²) in [5.41, 5.74) is 1.64. The fourth-order valence-corrected chi connectivity index (χ4v) is 3.51. The first-order valence-electron chi connectivity index (χ1n) is 8.05. The third-order valence-corrected chi connectivity index (χ3v) is 4.69. The third-order valence-electron chi connectivity index (χ3n) is 3.72. The highest BCUT2D eigenvalue weighted by Crippen LogP contribution is 2.37. The minimum absolute atomic E-state index is 0.135. The number of para-hydroxylation sites is 1. The molecule has 1 saturated heterocycles. The molecule has 4 rings (SSSR count). The van der Waals surface area contributed by atoms with Crippen molar-refractivity contribution in [3.8, 4) is 0 Å². The van der Waals surface area contributed by atoms with Crippen molar-refractivity contribution in [2.24, 2.45) is 4.99 Å². The van der Waals surface area contributed by atoms with Crippen molar-refractivity contribution in [1.29, 1.82) is 0 Å². The van der Waals surface area contributed by atoms with E-state index in [4.69, 9.17) is 4.42 Å². The summed E-state index contributed by atoms with van der Waals surface area (Å²) in [6, 6.07) is 18.7. The Hall–Kier alpha value is -3.12. The molecule has 1 aliphatic heterocycles. The number of anilines is 1. The molecule has 0 unspecified atom stereocenters. The van der Waals surface area contributed by atoms with Crippen LogP contribution < -0.4 is 4.90 Å². The van der Waals surface area contributed by atoms with Gasteiger partial charge in [-0.3, -0.25) is 9.69 Å². The van der Waals surface area contributed by atoms with Crippen molar-refractivity contribution in [3.63, 3.8) is 0 Å². The molecule has 128 valence electrons. The molecule has 0 N–H and O–H groups in total. The van der Waals surface area contributed by atoms with Crippen LogP contribution in [0.3, 0.4) is 0 Å². The number of hydrogen-bond donors (Lipinski definition) is 0. The number of nitrogens with zero attached hydrogens (tertiary/aromatic N) is 3. The van der Waals surface area contributed by atoms with E-state index in [-0.39, 0.29) is 5.91 Å². The molecule has 6 heteroatoms. The van der Waals surface area contributed by atoms with Gasteiger partial charge in [-0.05, 0) is 55.1 Å². The summed E-state index contributed by atoms with van der Waals surface area (Å²) in [7, 11) is 0. The van der Waals surface area contributed by atoms with Gasteiger partial charge in [-0.1, -0.05) is 24.3 Å². The number of pyridine rings is 1. The molecule has 0 aliphatic carbocycles. The lowest BCUT2D eigenvalue weighted by atomic mass is 10.3. The maximum atomic E-state index is 13.0. The van der Waals surface area contributed by atoms with Gasteiger partial charge in [0.05, 0.1) is 16.9 Å². The number of aliphatic imine (C=N–C) groups is 1. The van der Waals surface area contributed by atoms with E-state index < -0.39 is 0 Å². The Morgan fingerprint density at radius 3 is 2.65 bits per heavy atom. The zero-order chi connectivity index (χ0) is 17.9. The van der Waals surface area contributed by atoms with Gasteiger partial charge >= 0.3 is 0 Å². The van der Waals surface area contributed by atoms with Crippen molar-refractivity contribution in [2.45, 2.75) is 6.92 Å². The van der Waals surface area contributed by atoms with Gasteiger partial charge in [0.15, 0.2) is 11.0 Å². The fraction of sp³-hybridized carbons (Fsp3) is 0.0500. The van der Waals surface area contributed by atoms with Crippen molar-refractivity contribution >= 4 is 40.4 Å². The standard InChI is InChI=1S/C20H15N3O2S/c1-14-7-5-11-18(21-14)22-20-23(15-8-3-2-4-9-15)19(24)17(26-20)13-16-10-6-12-25-16/h2-13H,1H3/b17-13+,22-20+. The Labute approximate surface area is 155 Å². The molecule has 3 heterocycles. The first-order valence-corrected chi connectivity index (χ1v) is 8.87. The second-order valence-electron chi connectivity index (χ2n) is 5.63. The summed E-state index contributed by atoms with van der Waals surface area (Å²) in [5.74, 6) is 1.06. The molecule has 1 aliphatic rings. The maximum absolute atomic E-state index is 13.0. The lowest BCUT2D eigenvalue weighted by Crippen LogP contribution is -2.28. The molecule has 0 spiro atoms. The highest BCUT2D eigenvalue weighted by atomic mass is 32.2. The molecule has 26 heavy (non-hydrogen) atoms. The van der Waals surface area contributed by atoms with Gasteiger partial charge in [-0.15, -0.1) is 0 Å². The van der Waals surface area contributed by atoms with E-state index >= 15 is 0 Å². The van der Waals surface area contributed by atoms with Crippen LogP contribution in [0.2, 0.25) is 0 Å². The molecule has 0 radical (unpaired) electrons. The first kappa shape index (κ1) is 16.4. The summed E-state index contributed by atoms with van der Waals surface area (Å²) >= 11 is 1.31. The first-order chi connectivity index (χ1) is 12.7. The number of amides is 1. The third kappa shape index (κ3) is 3.32. The molecule has 2 aromatic heterocycles. The maximum Gasteiger partial charge on any atom is 0.271 e. The van der Waals surface area contributed by atoms with Crippen LogP contribution in [-0.4, -0.2) is 16.1 Å². The van der Waals surface area contributed by atoms with Crippen LogP contribution in [0.25, 0.3) is 6.08 Å². The monoisotopic (exact) mass is 361 g/mol. The Bertz CT molecular complexity index is 995. The van der Waals surface area contributed by atoms with Gasteiger partial charge < -0.3 is 4.42 Å². The van der Waals surface area contributed by atoms with Crippen molar-refractivity contribution in [1.82, 2.24) is 4.98 Å². The lowest BCUT2D eigenvalue weighted by molar-refractivity contribution is -0.113. The summed E-state index contributed by atoms with van der Waals surface area (Å²) in [6.45, 7) is 1.91. The smallest absolute Gasteiger partial charge is 0.271 e. The Kier molecular flexibility index (Phi) is 4.41. The van der Waals surface area contributed by atoms with Gasteiger partial charge in [-0.25, -0.2) is 9.98 Å². The van der Waals surface area contributed by atoms with E-state index in [1.807, 2.05) is 61.5 Å². The minimum atomic E-state index is -0.135. The van der Waals surface area contributed by atoms with Crippen LogP contribution in [-0.2, 0) is 4.79 Å². The number of furan rings is 1. The van der Waals surface area contributed by atoms with Gasteiger partial charge in [0.25, 0.3) is 5.91 Å². The number of carbonyl (C=O) groups excluding carboxylic acids is 1. The molecule has 3 aromatic rings. The van der Waals surface area contributed by atoms with Crippen LogP contribution in [0, 0.1) is 6.92 Å². The van der Waals surface area contributed by atoms with Crippen LogP contribution in [0.4, 0.5) is 11.5 Å². The van der Waals surface area contributed by atoms with E-state index in [1.165, 1.54) is 11.8 Å². The normalized spacial score (nSPS) is 17.4. The number of aromatic nitrogens is 1. The zero-order valence-corrected chi connectivity index (χ0v) is 14.8. The van der Waals surface area contributed by atoms with E-state index in [0.29, 0.717) is 21.7 Å². The lowest BCUT2D eigenvalue weighted by Gasteiger charge is -2.15. The van der Waals surface area contributed by atoms with Crippen molar-refractivity contribution in [2.75, 3.05) is 4.90 Å². The number of amidine groups is 1. The van der Waals surface area contributed by atoms with Crippen LogP contribution in [0.15, 0.2) is 81.2 Å². The summed E-state index contributed by atoms with van der Waals surface area (Å²) in [4.78, 5) is 24.2. The van der Waals surface area contributed by atoms with Gasteiger partial charge in [-0.2, -0.15) is 0 Å². The van der Waals surface area contributed by atoms with Crippen LogP contribution >= 0.6 is 11.8 Å². The average molecular weight is 361 g/mol. The molecule has 1 aromatic carbocycles. The fourth-order valence-electron chi connectivity index (χ4n) is 2.55. The number of benzene rings is 1. The predicted octanol–water partition coefficient (Wildman–Crippen LogP) is 4.79. The molecular weight excluding hydrogens is 346 g/mol. The van der Waals surface area contributed by atoms with Crippen LogP contribution in [0.1, 0.15) is 11.5 Å². The molecule has 0 atom stereocenters. The van der Waals surface area contributed by atoms with Gasteiger partial charge in [0.1, 0.15) is 5.76 Å². The Morgan fingerprint density at radius 2 is 1.92 bits per heavy atom. The van der Waals surface area contributed by atoms with Gasteiger partial charge in [0.2, 0.25) is 0 Å². The number of thioether (sulfide) groups is 1. The quantitative estimate of drug-likeness (QED) is 0.629. The van der Waals surface area contributed by atoms with E-state index in [9.17, 15) is 4.79 Å². The molecule has 0 saturated carbocycles. The summed E-state index contributed by atoms with van der Waals surface area (Å²) in [6.07, 6.45) is 3.31. The highest BCUT2D eigenvalue weighted by Gasteiger charge is 2.35. The molecule has 1 amide bonds. The van der Waals surface area contributed by atoms with Crippen molar-refractivity contribution in [3.05, 3.63) is 83.3 Å². The Balaban J connectivity index is 1.78. The topological polar surface area (TPSA) is 58.7 Å². The Morgan fingerprint density at radius 1 is 1.08 bits per heavy atom. The number of carbonyl (C=O) groups is 1. The predicted molar refractivity (Wildman–Crippen MR) is 104 cm³/mol. The minimum Gasteiger partial charge on any atom is -0.465 e. The average Bonchev–Trinajstić information content (AvgIpc) is 3.25. The molecule has 1 fully saturated rings. The van der Waals surface area contributed by atoms with Crippen LogP contribution in [0.5, 0.6) is 0 Å². The van der Waals surface area contributed by atoms with Gasteiger partial charge in [0, 0.05) is 11.8 Å². The SMILES string of the molecule is Cc1cccc(/N=C2/S/C(=C/c3ccco3)C(=O)N2c2ccccc2)n1. The largest absolute Gasteiger partial charge is 0.465 e. The molecule has 0 bridgehead atoms. The summed E-state index contributed by atoms with van der Waals surface area (Å²) < 4.78 is 5.34. The number of aryl methyl sites for hydroxylation is 1.